The number of rotatable bonds is 7. The van der Waals surface area contributed by atoms with Crippen LogP contribution in [0.5, 0.6) is 11.5 Å². The average molecular weight is 433 g/mol. The maximum absolute atomic E-state index is 13.1. The highest BCUT2D eigenvalue weighted by Gasteiger charge is 2.33. The van der Waals surface area contributed by atoms with Crippen LogP contribution in [-0.4, -0.2) is 45.9 Å². The molecule has 1 fully saturated rings. The fraction of sp³-hybridized carbons (Fsp3) is 0.409. The lowest BCUT2D eigenvalue weighted by Gasteiger charge is -2.31. The van der Waals surface area contributed by atoms with Gasteiger partial charge in [0.2, 0.25) is 15.9 Å². The van der Waals surface area contributed by atoms with Crippen LogP contribution in [0.25, 0.3) is 0 Å². The van der Waals surface area contributed by atoms with Crippen molar-refractivity contribution >= 4 is 15.9 Å². The van der Waals surface area contributed by atoms with Gasteiger partial charge in [-0.15, -0.1) is 0 Å². The molecule has 1 unspecified atom stereocenters. The Bertz CT molecular complexity index is 989. The van der Waals surface area contributed by atoms with Crippen molar-refractivity contribution in [1.29, 1.82) is 0 Å². The first-order valence-corrected chi connectivity index (χ1v) is 11.3. The number of benzene rings is 2. The van der Waals surface area contributed by atoms with Gasteiger partial charge in [0.15, 0.2) is 11.5 Å². The summed E-state index contributed by atoms with van der Waals surface area (Å²) in [6.45, 7) is 2.99. The minimum absolute atomic E-state index is 0.122. The van der Waals surface area contributed by atoms with Gasteiger partial charge >= 0.3 is 0 Å². The van der Waals surface area contributed by atoms with Gasteiger partial charge in [0.25, 0.3) is 0 Å². The summed E-state index contributed by atoms with van der Waals surface area (Å²) in [5.74, 6) is 0.313. The molecule has 0 spiro atoms. The molecule has 0 bridgehead atoms. The summed E-state index contributed by atoms with van der Waals surface area (Å²) in [4.78, 5) is 12.8. The normalized spacial score (nSPS) is 17.4. The number of methoxy groups -OCH3 is 2. The van der Waals surface area contributed by atoms with Gasteiger partial charge in [0, 0.05) is 25.7 Å². The predicted octanol–water partition coefficient (Wildman–Crippen LogP) is 2.73. The van der Waals surface area contributed by atoms with E-state index in [1.54, 1.807) is 6.07 Å². The molecule has 1 heterocycles. The summed E-state index contributed by atoms with van der Waals surface area (Å²) in [5, 5.41) is 2.94. The van der Waals surface area contributed by atoms with E-state index in [1.807, 2.05) is 31.2 Å². The molecule has 7 nitrogen and oxygen atoms in total. The van der Waals surface area contributed by atoms with Crippen LogP contribution in [0.2, 0.25) is 0 Å². The highest BCUT2D eigenvalue weighted by molar-refractivity contribution is 7.89. The van der Waals surface area contributed by atoms with E-state index in [-0.39, 0.29) is 23.3 Å². The molecule has 0 aliphatic carbocycles. The van der Waals surface area contributed by atoms with Crippen molar-refractivity contribution in [1.82, 2.24) is 9.62 Å². The number of aryl methyl sites for hydroxylation is 1. The first-order chi connectivity index (χ1) is 14.3. The lowest BCUT2D eigenvalue weighted by atomic mass is 9.98. The Labute approximate surface area is 178 Å². The van der Waals surface area contributed by atoms with Gasteiger partial charge < -0.3 is 14.8 Å². The molecular formula is C22H28N2O5S. The van der Waals surface area contributed by atoms with Crippen LogP contribution in [0.1, 0.15) is 24.0 Å². The summed E-state index contributed by atoms with van der Waals surface area (Å²) >= 11 is 0. The van der Waals surface area contributed by atoms with E-state index < -0.39 is 10.0 Å². The van der Waals surface area contributed by atoms with E-state index in [4.69, 9.17) is 9.47 Å². The van der Waals surface area contributed by atoms with E-state index in [2.05, 4.69) is 5.32 Å². The molecule has 1 N–H and O–H groups in total. The van der Waals surface area contributed by atoms with Crippen molar-refractivity contribution in [2.45, 2.75) is 31.2 Å². The van der Waals surface area contributed by atoms with E-state index in [0.717, 1.165) is 11.1 Å². The number of ether oxygens (including phenoxy) is 2. The molecule has 0 aromatic heterocycles. The third kappa shape index (κ3) is 4.94. The van der Waals surface area contributed by atoms with Gasteiger partial charge in [0.05, 0.1) is 25.0 Å². The number of amides is 1. The van der Waals surface area contributed by atoms with Gasteiger partial charge in [-0.05, 0) is 37.5 Å². The van der Waals surface area contributed by atoms with Gasteiger partial charge in [0.1, 0.15) is 0 Å². The molecule has 1 aliphatic rings. The largest absolute Gasteiger partial charge is 0.493 e. The zero-order valence-corrected chi connectivity index (χ0v) is 18.4. The summed E-state index contributed by atoms with van der Waals surface area (Å²) in [6.07, 6.45) is 1.30. The molecule has 30 heavy (non-hydrogen) atoms. The Morgan fingerprint density at radius 2 is 1.80 bits per heavy atom. The standard InChI is InChI=1S/C22H28N2O5S/c1-16-6-8-17(9-7-16)14-23-22(25)18-5-4-12-24(15-18)30(26,27)19-10-11-20(28-2)21(13-19)29-3/h6-11,13,18H,4-5,12,14-15H2,1-3H3,(H,23,25). The lowest BCUT2D eigenvalue weighted by molar-refractivity contribution is -0.126. The summed E-state index contributed by atoms with van der Waals surface area (Å²) in [7, 11) is -0.782. The summed E-state index contributed by atoms with van der Waals surface area (Å²) in [6, 6.07) is 12.5. The molecule has 1 amide bonds. The number of nitrogens with zero attached hydrogens (tertiary/aromatic N) is 1. The third-order valence-corrected chi connectivity index (χ3v) is 7.20. The molecule has 1 aliphatic heterocycles. The van der Waals surface area contributed by atoms with E-state index in [0.29, 0.717) is 37.4 Å². The Morgan fingerprint density at radius 1 is 1.10 bits per heavy atom. The predicted molar refractivity (Wildman–Crippen MR) is 114 cm³/mol. The van der Waals surface area contributed by atoms with Crippen LogP contribution in [-0.2, 0) is 21.4 Å². The average Bonchev–Trinajstić information content (AvgIpc) is 2.78. The van der Waals surface area contributed by atoms with Gasteiger partial charge in [-0.2, -0.15) is 4.31 Å². The Kier molecular flexibility index (Phi) is 6.99. The second-order valence-electron chi connectivity index (χ2n) is 7.42. The van der Waals surface area contributed by atoms with Crippen LogP contribution in [0.4, 0.5) is 0 Å². The number of sulfonamides is 1. The molecule has 8 heteroatoms. The van der Waals surface area contributed by atoms with Crippen LogP contribution >= 0.6 is 0 Å². The van der Waals surface area contributed by atoms with Crippen molar-refractivity contribution in [3.8, 4) is 11.5 Å². The Morgan fingerprint density at radius 3 is 2.47 bits per heavy atom. The summed E-state index contributed by atoms with van der Waals surface area (Å²) in [5.41, 5.74) is 2.17. The molecular weight excluding hydrogens is 404 g/mol. The topological polar surface area (TPSA) is 84.9 Å². The van der Waals surface area contributed by atoms with E-state index in [9.17, 15) is 13.2 Å². The molecule has 0 radical (unpaired) electrons. The monoisotopic (exact) mass is 432 g/mol. The fourth-order valence-corrected chi connectivity index (χ4v) is 5.08. The second-order valence-corrected chi connectivity index (χ2v) is 9.36. The maximum atomic E-state index is 13.1. The third-order valence-electron chi connectivity index (χ3n) is 5.34. The number of carbonyl (C=O) groups excluding carboxylic acids is 1. The minimum atomic E-state index is -3.74. The maximum Gasteiger partial charge on any atom is 0.243 e. The lowest BCUT2D eigenvalue weighted by Crippen LogP contribution is -2.45. The molecule has 1 atom stereocenters. The number of hydrogen-bond acceptors (Lipinski definition) is 5. The highest BCUT2D eigenvalue weighted by atomic mass is 32.2. The van der Waals surface area contributed by atoms with Gasteiger partial charge in [-0.3, -0.25) is 4.79 Å². The van der Waals surface area contributed by atoms with Crippen molar-refractivity contribution < 1.29 is 22.7 Å². The minimum Gasteiger partial charge on any atom is -0.493 e. The Balaban J connectivity index is 1.68. The zero-order valence-electron chi connectivity index (χ0n) is 17.6. The molecule has 162 valence electrons. The molecule has 3 rings (SSSR count). The van der Waals surface area contributed by atoms with Crippen LogP contribution in [0.15, 0.2) is 47.4 Å². The highest BCUT2D eigenvalue weighted by Crippen LogP contribution is 2.32. The number of nitrogens with one attached hydrogen (secondary N) is 1. The SMILES string of the molecule is COc1ccc(S(=O)(=O)N2CCCC(C(=O)NCc3ccc(C)cc3)C2)cc1OC. The first kappa shape index (κ1) is 22.1. The van der Waals surface area contributed by atoms with E-state index >= 15 is 0 Å². The second kappa shape index (κ2) is 9.49. The summed E-state index contributed by atoms with van der Waals surface area (Å²) < 4.78 is 38.1. The van der Waals surface area contributed by atoms with Crippen molar-refractivity contribution in [3.63, 3.8) is 0 Å². The number of hydrogen-bond donors (Lipinski definition) is 1. The zero-order chi connectivity index (χ0) is 21.7. The number of carbonyl (C=O) groups is 1. The van der Waals surface area contributed by atoms with Crippen LogP contribution in [0, 0.1) is 12.8 Å². The molecule has 1 saturated heterocycles. The van der Waals surface area contributed by atoms with E-state index in [1.165, 1.54) is 30.7 Å². The smallest absolute Gasteiger partial charge is 0.243 e. The molecule has 2 aromatic rings. The Hall–Kier alpha value is -2.58. The van der Waals surface area contributed by atoms with Crippen LogP contribution in [0.3, 0.4) is 0 Å². The molecule has 2 aromatic carbocycles. The quantitative estimate of drug-likeness (QED) is 0.727. The van der Waals surface area contributed by atoms with Crippen molar-refractivity contribution in [2.75, 3.05) is 27.3 Å². The van der Waals surface area contributed by atoms with Gasteiger partial charge in [-0.1, -0.05) is 29.8 Å². The number of piperidine rings is 1. The van der Waals surface area contributed by atoms with Crippen LogP contribution < -0.4 is 14.8 Å². The van der Waals surface area contributed by atoms with Crippen molar-refractivity contribution in [3.05, 3.63) is 53.6 Å². The van der Waals surface area contributed by atoms with Gasteiger partial charge in [-0.25, -0.2) is 8.42 Å². The van der Waals surface area contributed by atoms with Crippen molar-refractivity contribution in [2.24, 2.45) is 5.92 Å². The first-order valence-electron chi connectivity index (χ1n) is 9.90. The fourth-order valence-electron chi connectivity index (χ4n) is 3.54. The molecule has 0 saturated carbocycles.